The van der Waals surface area contributed by atoms with Crippen molar-refractivity contribution in [1.29, 1.82) is 0 Å². The maximum absolute atomic E-state index is 14.8. The van der Waals surface area contributed by atoms with E-state index in [2.05, 4.69) is 9.47 Å². The van der Waals surface area contributed by atoms with E-state index in [1.165, 1.54) is 12.1 Å². The van der Waals surface area contributed by atoms with Gasteiger partial charge in [-0.2, -0.15) is 0 Å². The summed E-state index contributed by atoms with van der Waals surface area (Å²) in [5, 5.41) is 11.4. The van der Waals surface area contributed by atoms with Crippen LogP contribution in [0.2, 0.25) is 0 Å². The normalized spacial score (nSPS) is 22.1. The second-order valence-electron chi connectivity index (χ2n) is 10.6. The Hall–Kier alpha value is -3.69. The summed E-state index contributed by atoms with van der Waals surface area (Å²) in [6.45, 7) is 0.531. The van der Waals surface area contributed by atoms with Crippen LogP contribution in [0.1, 0.15) is 48.1 Å². The van der Waals surface area contributed by atoms with Gasteiger partial charge in [-0.1, -0.05) is 36.4 Å². The van der Waals surface area contributed by atoms with E-state index in [1.54, 1.807) is 13.2 Å². The molecule has 3 aromatic rings. The lowest BCUT2D eigenvalue weighted by molar-refractivity contribution is -0.873. The molecule has 1 unspecified atom stereocenters. The van der Waals surface area contributed by atoms with Gasteiger partial charge < -0.3 is 24.1 Å². The molecule has 204 valence electrons. The van der Waals surface area contributed by atoms with Crippen LogP contribution < -0.4 is 18.9 Å². The summed E-state index contributed by atoms with van der Waals surface area (Å²) in [6.07, 6.45) is -2.95. The standard InChI is InChI=1S/C30H30F2NO6/c1-33(18-24(34)19-6-4-3-5-7-19,23-12-15-37-26-17-21(36-2)9-10-22(23)26)28(35)29(13-14-29)20-8-11-25-27(16-20)39-30(31,32)38-25/h3-11,16-17,23-24,34H,12-15,18H2,1-2H3/q+1/t23-,24-,33?/m0/s1. The molecule has 1 N–H and O–H groups in total. The molecule has 3 atom stereocenters. The molecule has 2 aliphatic heterocycles. The molecule has 3 aliphatic rings. The number of benzene rings is 3. The van der Waals surface area contributed by atoms with Crippen LogP contribution in [0.3, 0.4) is 0 Å². The van der Waals surface area contributed by atoms with Crippen molar-refractivity contribution in [2.75, 3.05) is 27.3 Å². The number of nitrogens with zero attached hydrogens (tertiary/aromatic N) is 1. The highest BCUT2D eigenvalue weighted by Gasteiger charge is 2.62. The Bertz CT molecular complexity index is 1410. The first-order valence-electron chi connectivity index (χ1n) is 13.0. The quantitative estimate of drug-likeness (QED) is 0.413. The maximum Gasteiger partial charge on any atom is 0.586 e. The second-order valence-corrected chi connectivity index (χ2v) is 10.6. The zero-order valence-corrected chi connectivity index (χ0v) is 21.7. The summed E-state index contributed by atoms with van der Waals surface area (Å²) < 4.78 is 47.9. The lowest BCUT2D eigenvalue weighted by Crippen LogP contribution is -2.58. The fraction of sp³-hybridized carbons (Fsp3) is 0.367. The Balaban J connectivity index is 1.41. The van der Waals surface area contributed by atoms with E-state index in [-0.39, 0.29) is 34.5 Å². The molecule has 9 heteroatoms. The molecule has 0 bridgehead atoms. The smallest absolute Gasteiger partial charge is 0.497 e. The summed E-state index contributed by atoms with van der Waals surface area (Å²) in [5.41, 5.74) is 1.28. The van der Waals surface area contributed by atoms with Gasteiger partial charge >= 0.3 is 12.2 Å². The Morgan fingerprint density at radius 2 is 1.79 bits per heavy atom. The molecule has 0 saturated heterocycles. The number of carbonyl (C=O) groups is 1. The van der Waals surface area contributed by atoms with Gasteiger partial charge in [0.25, 0.3) is 0 Å². The van der Waals surface area contributed by atoms with E-state index in [1.807, 2.05) is 55.6 Å². The molecule has 1 amide bonds. The zero-order chi connectivity index (χ0) is 27.4. The Kier molecular flexibility index (Phi) is 6.04. The van der Waals surface area contributed by atoms with E-state index < -0.39 is 17.8 Å². The number of quaternary nitrogens is 1. The van der Waals surface area contributed by atoms with Crippen LogP contribution in [0.5, 0.6) is 23.0 Å². The first kappa shape index (κ1) is 25.6. The van der Waals surface area contributed by atoms with Gasteiger partial charge in [0.2, 0.25) is 0 Å². The minimum absolute atomic E-state index is 0.0592. The van der Waals surface area contributed by atoms with Crippen molar-refractivity contribution in [3.8, 4) is 23.0 Å². The average Bonchev–Trinajstić information content (AvgIpc) is 3.68. The van der Waals surface area contributed by atoms with Crippen LogP contribution in [0, 0.1) is 0 Å². The highest BCUT2D eigenvalue weighted by Crippen LogP contribution is 2.56. The fourth-order valence-electron chi connectivity index (χ4n) is 6.05. The predicted octanol–water partition coefficient (Wildman–Crippen LogP) is 5.28. The molecule has 0 radical (unpaired) electrons. The van der Waals surface area contributed by atoms with Crippen molar-refractivity contribution < 1.29 is 42.1 Å². The van der Waals surface area contributed by atoms with Crippen LogP contribution in [-0.2, 0) is 10.2 Å². The molecular formula is C30H30F2NO6+. The Morgan fingerprint density at radius 3 is 2.51 bits per heavy atom. The molecule has 0 spiro atoms. The lowest BCUT2D eigenvalue weighted by atomic mass is 9.88. The van der Waals surface area contributed by atoms with Crippen LogP contribution in [0.4, 0.5) is 8.78 Å². The molecule has 6 rings (SSSR count). The van der Waals surface area contributed by atoms with Gasteiger partial charge in [-0.05, 0) is 48.2 Å². The number of amides is 1. The van der Waals surface area contributed by atoms with Gasteiger partial charge in [-0.3, -0.25) is 4.48 Å². The third kappa shape index (κ3) is 4.39. The van der Waals surface area contributed by atoms with E-state index >= 15 is 0 Å². The predicted molar refractivity (Wildman–Crippen MR) is 137 cm³/mol. The van der Waals surface area contributed by atoms with Crippen LogP contribution in [0.25, 0.3) is 0 Å². The van der Waals surface area contributed by atoms with Gasteiger partial charge in [0.1, 0.15) is 35.6 Å². The first-order chi connectivity index (χ1) is 18.6. The van der Waals surface area contributed by atoms with E-state index in [0.29, 0.717) is 48.5 Å². The minimum Gasteiger partial charge on any atom is -0.497 e. The Morgan fingerprint density at radius 1 is 1.05 bits per heavy atom. The van der Waals surface area contributed by atoms with Crippen molar-refractivity contribution >= 4 is 5.91 Å². The number of rotatable bonds is 7. The SMILES string of the molecule is COc1ccc2c(c1)OCC[C@@H]2[N+](C)(C[C@H](O)c1ccccc1)C(=O)C1(c2ccc3c(c2)OC(F)(F)O3)CC1. The van der Waals surface area contributed by atoms with E-state index in [9.17, 15) is 18.7 Å². The van der Waals surface area contributed by atoms with Crippen molar-refractivity contribution in [2.24, 2.45) is 0 Å². The molecule has 39 heavy (non-hydrogen) atoms. The molecule has 2 heterocycles. The van der Waals surface area contributed by atoms with Crippen molar-refractivity contribution in [3.63, 3.8) is 0 Å². The second kappa shape index (κ2) is 9.20. The van der Waals surface area contributed by atoms with E-state index in [0.717, 1.165) is 5.56 Å². The average molecular weight is 539 g/mol. The monoisotopic (exact) mass is 538 g/mol. The minimum atomic E-state index is -3.74. The number of alkyl halides is 2. The van der Waals surface area contributed by atoms with Crippen molar-refractivity contribution in [3.05, 3.63) is 83.4 Å². The van der Waals surface area contributed by atoms with Gasteiger partial charge in [0.15, 0.2) is 11.5 Å². The third-order valence-electron chi connectivity index (χ3n) is 8.23. The molecule has 1 fully saturated rings. The van der Waals surface area contributed by atoms with Gasteiger partial charge in [0.05, 0.1) is 26.3 Å². The number of ether oxygens (including phenoxy) is 4. The summed E-state index contributed by atoms with van der Waals surface area (Å²) in [4.78, 5) is 14.8. The van der Waals surface area contributed by atoms with Gasteiger partial charge in [-0.15, -0.1) is 8.78 Å². The fourth-order valence-corrected chi connectivity index (χ4v) is 6.05. The number of hydrogen-bond donors (Lipinski definition) is 1. The number of halogens is 2. The van der Waals surface area contributed by atoms with Crippen LogP contribution in [-0.4, -0.2) is 49.1 Å². The van der Waals surface area contributed by atoms with Gasteiger partial charge in [0, 0.05) is 12.5 Å². The Labute approximate surface area is 225 Å². The molecule has 3 aromatic carbocycles. The van der Waals surface area contributed by atoms with Crippen molar-refractivity contribution in [2.45, 2.75) is 43.1 Å². The molecule has 7 nitrogen and oxygen atoms in total. The number of carbonyl (C=O) groups excluding carboxylic acids is 1. The van der Waals surface area contributed by atoms with Crippen LogP contribution >= 0.6 is 0 Å². The summed E-state index contributed by atoms with van der Waals surface area (Å²) >= 11 is 0. The number of hydrogen-bond acceptors (Lipinski definition) is 6. The number of aliphatic hydroxyl groups excluding tert-OH is 1. The number of fused-ring (bicyclic) bond motifs is 2. The number of aliphatic hydroxyl groups is 1. The number of likely N-dealkylation sites (N-methyl/N-ethyl adjacent to an activating group) is 1. The molecule has 1 aliphatic carbocycles. The lowest BCUT2D eigenvalue weighted by Gasteiger charge is -2.44. The summed E-state index contributed by atoms with van der Waals surface area (Å²) in [6, 6.07) is 19.1. The largest absolute Gasteiger partial charge is 0.586 e. The first-order valence-corrected chi connectivity index (χ1v) is 13.0. The van der Waals surface area contributed by atoms with E-state index in [4.69, 9.17) is 9.47 Å². The highest BCUT2D eigenvalue weighted by molar-refractivity contribution is 5.87. The summed E-state index contributed by atoms with van der Waals surface area (Å²) in [5.74, 6) is 1.06. The van der Waals surface area contributed by atoms with Gasteiger partial charge in [-0.25, -0.2) is 4.79 Å². The summed E-state index contributed by atoms with van der Waals surface area (Å²) in [7, 11) is 3.44. The highest BCUT2D eigenvalue weighted by atomic mass is 19.3. The number of methoxy groups -OCH3 is 1. The van der Waals surface area contributed by atoms with Crippen molar-refractivity contribution in [1.82, 2.24) is 0 Å². The molecule has 1 saturated carbocycles. The molecule has 0 aromatic heterocycles. The zero-order valence-electron chi connectivity index (χ0n) is 21.7. The third-order valence-corrected chi connectivity index (χ3v) is 8.23. The molecular weight excluding hydrogens is 508 g/mol. The topological polar surface area (TPSA) is 74.2 Å². The maximum atomic E-state index is 14.8. The van der Waals surface area contributed by atoms with Crippen LogP contribution in [0.15, 0.2) is 66.7 Å².